The van der Waals surface area contributed by atoms with Crippen LogP contribution in [0.4, 0.5) is 0 Å². The van der Waals surface area contributed by atoms with E-state index in [1.54, 1.807) is 0 Å². The molecule has 0 aliphatic carbocycles. The van der Waals surface area contributed by atoms with E-state index >= 15 is 0 Å². The molecule has 38 heavy (non-hydrogen) atoms. The molecule has 0 aliphatic rings. The van der Waals surface area contributed by atoms with Gasteiger partial charge in [0.25, 0.3) is 0 Å². The Balaban J connectivity index is 3.64. The first kappa shape index (κ1) is 38.6. The minimum Gasteiger partial charge on any atom is -0.324 e. The molecule has 0 rings (SSSR count). The SMILES string of the molecule is CCCCCCCCCCCCSCCCC(N)(CCCSCCCCCCCCCCCC)CN(C)C. The Kier molecular flexibility index (Phi) is 31.1. The van der Waals surface area contributed by atoms with Gasteiger partial charge in [-0.15, -0.1) is 0 Å². The van der Waals surface area contributed by atoms with Gasteiger partial charge in [0.2, 0.25) is 0 Å². The van der Waals surface area contributed by atoms with Crippen LogP contribution in [0.25, 0.3) is 0 Å². The molecule has 230 valence electrons. The van der Waals surface area contributed by atoms with Crippen LogP contribution < -0.4 is 5.73 Å². The highest BCUT2D eigenvalue weighted by Gasteiger charge is 2.24. The van der Waals surface area contributed by atoms with E-state index in [4.69, 9.17) is 5.73 Å². The fourth-order valence-corrected chi connectivity index (χ4v) is 7.47. The third kappa shape index (κ3) is 29.6. The van der Waals surface area contributed by atoms with E-state index in [2.05, 4.69) is 56.4 Å². The molecule has 2 N–H and O–H groups in total. The third-order valence-corrected chi connectivity index (χ3v) is 10.2. The van der Waals surface area contributed by atoms with Gasteiger partial charge in [0.15, 0.2) is 0 Å². The third-order valence-electron chi connectivity index (χ3n) is 7.84. The van der Waals surface area contributed by atoms with Crippen molar-refractivity contribution >= 4 is 23.5 Å². The highest BCUT2D eigenvalue weighted by Crippen LogP contribution is 2.22. The second kappa shape index (κ2) is 30.6. The maximum Gasteiger partial charge on any atom is 0.0283 e. The molecule has 2 nitrogen and oxygen atoms in total. The summed E-state index contributed by atoms with van der Waals surface area (Å²) >= 11 is 4.33. The van der Waals surface area contributed by atoms with Crippen LogP contribution in [0.3, 0.4) is 0 Å². The Labute approximate surface area is 250 Å². The van der Waals surface area contributed by atoms with Crippen molar-refractivity contribution in [3.63, 3.8) is 0 Å². The maximum absolute atomic E-state index is 6.93. The van der Waals surface area contributed by atoms with E-state index in [0.29, 0.717) is 0 Å². The van der Waals surface area contributed by atoms with Crippen molar-refractivity contribution in [3.8, 4) is 0 Å². The van der Waals surface area contributed by atoms with E-state index in [1.165, 1.54) is 177 Å². The van der Waals surface area contributed by atoms with Crippen LogP contribution in [0.15, 0.2) is 0 Å². The Morgan fingerprint density at radius 3 is 1.05 bits per heavy atom. The average Bonchev–Trinajstić information content (AvgIpc) is 2.88. The summed E-state index contributed by atoms with van der Waals surface area (Å²) in [4.78, 5) is 2.30. The Morgan fingerprint density at radius 1 is 0.447 bits per heavy atom. The van der Waals surface area contributed by atoms with Crippen LogP contribution in [0.5, 0.6) is 0 Å². The fourth-order valence-electron chi connectivity index (χ4n) is 5.55. The monoisotopic (exact) mass is 573 g/mol. The zero-order valence-electron chi connectivity index (χ0n) is 26.8. The molecule has 0 aromatic rings. The van der Waals surface area contributed by atoms with E-state index in [1.807, 2.05) is 0 Å². The number of thioether (sulfide) groups is 2. The van der Waals surface area contributed by atoms with E-state index in [-0.39, 0.29) is 5.54 Å². The van der Waals surface area contributed by atoms with Crippen LogP contribution >= 0.6 is 23.5 Å². The van der Waals surface area contributed by atoms with Crippen LogP contribution in [0.1, 0.15) is 168 Å². The molecule has 0 aromatic carbocycles. The van der Waals surface area contributed by atoms with E-state index < -0.39 is 0 Å². The summed E-state index contributed by atoms with van der Waals surface area (Å²) < 4.78 is 0. The van der Waals surface area contributed by atoms with Crippen molar-refractivity contribution in [2.24, 2.45) is 5.73 Å². The Bertz CT molecular complexity index is 412. The molecule has 0 amide bonds. The Morgan fingerprint density at radius 2 is 0.737 bits per heavy atom. The molecule has 0 heterocycles. The van der Waals surface area contributed by atoms with E-state index in [0.717, 1.165) is 6.54 Å². The molecular weight excluding hydrogens is 501 g/mol. The summed E-state index contributed by atoms with van der Waals surface area (Å²) in [6, 6.07) is 0. The lowest BCUT2D eigenvalue weighted by atomic mass is 9.89. The first-order valence-corrected chi connectivity index (χ1v) is 19.4. The molecule has 0 atom stereocenters. The molecule has 0 saturated carbocycles. The van der Waals surface area contributed by atoms with Gasteiger partial charge in [-0.2, -0.15) is 23.5 Å². The average molecular weight is 573 g/mol. The first-order valence-electron chi connectivity index (χ1n) is 17.1. The van der Waals surface area contributed by atoms with Crippen LogP contribution in [-0.4, -0.2) is 54.1 Å². The van der Waals surface area contributed by atoms with Crippen molar-refractivity contribution in [2.45, 2.75) is 173 Å². The minimum atomic E-state index is -0.00111. The quantitative estimate of drug-likeness (QED) is 0.0812. The van der Waals surface area contributed by atoms with Gasteiger partial charge in [-0.3, -0.25) is 0 Å². The van der Waals surface area contributed by atoms with Crippen molar-refractivity contribution in [1.82, 2.24) is 4.90 Å². The summed E-state index contributed by atoms with van der Waals surface area (Å²) in [6.45, 7) is 5.63. The fraction of sp³-hybridized carbons (Fsp3) is 1.00. The standard InChI is InChI=1S/C34H72N2S2/c1-5-7-9-11-13-15-17-19-21-23-29-37-31-25-27-34(35,33-36(3)4)28-26-32-38-30-24-22-20-18-16-14-12-10-8-6-2/h5-33,35H2,1-4H3. The van der Waals surface area contributed by atoms with Gasteiger partial charge in [0, 0.05) is 12.1 Å². The predicted octanol–water partition coefficient (Wildman–Crippen LogP) is 11.1. The number of likely N-dealkylation sites (N-methyl/N-ethyl adjacent to an activating group) is 1. The summed E-state index contributed by atoms with van der Waals surface area (Å²) in [5, 5.41) is 0. The number of nitrogens with zero attached hydrogens (tertiary/aromatic N) is 1. The molecule has 0 radical (unpaired) electrons. The van der Waals surface area contributed by atoms with Crippen LogP contribution in [0, 0.1) is 0 Å². The summed E-state index contributed by atoms with van der Waals surface area (Å²) in [7, 11) is 4.36. The lowest BCUT2D eigenvalue weighted by Crippen LogP contribution is -2.48. The van der Waals surface area contributed by atoms with Crippen molar-refractivity contribution in [2.75, 3.05) is 43.7 Å². The van der Waals surface area contributed by atoms with Gasteiger partial charge >= 0.3 is 0 Å². The largest absolute Gasteiger partial charge is 0.324 e. The molecule has 0 fully saturated rings. The Hall–Kier alpha value is 0.620. The van der Waals surface area contributed by atoms with Gasteiger partial charge < -0.3 is 10.6 Å². The second-order valence-corrected chi connectivity index (χ2v) is 14.8. The number of hydrogen-bond donors (Lipinski definition) is 1. The minimum absolute atomic E-state index is 0.00111. The highest BCUT2D eigenvalue weighted by atomic mass is 32.2. The van der Waals surface area contributed by atoms with E-state index in [9.17, 15) is 0 Å². The van der Waals surface area contributed by atoms with Gasteiger partial charge in [-0.25, -0.2) is 0 Å². The summed E-state index contributed by atoms with van der Waals surface area (Å²) in [6.07, 6.45) is 33.6. The number of hydrogen-bond acceptors (Lipinski definition) is 4. The van der Waals surface area contributed by atoms with Crippen molar-refractivity contribution < 1.29 is 0 Å². The molecular formula is C34H72N2S2. The summed E-state index contributed by atoms with van der Waals surface area (Å²) in [5.41, 5.74) is 6.93. The molecule has 0 aromatic heterocycles. The zero-order valence-corrected chi connectivity index (χ0v) is 28.5. The van der Waals surface area contributed by atoms with Gasteiger partial charge in [0.1, 0.15) is 0 Å². The molecule has 4 heteroatoms. The predicted molar refractivity (Wildman–Crippen MR) is 182 cm³/mol. The molecule has 0 saturated heterocycles. The summed E-state index contributed by atoms with van der Waals surface area (Å²) in [5.74, 6) is 5.27. The number of unbranched alkanes of at least 4 members (excludes halogenated alkanes) is 18. The highest BCUT2D eigenvalue weighted by molar-refractivity contribution is 7.99. The molecule has 0 spiro atoms. The maximum atomic E-state index is 6.93. The zero-order chi connectivity index (χ0) is 28.0. The second-order valence-electron chi connectivity index (χ2n) is 12.4. The van der Waals surface area contributed by atoms with Gasteiger partial charge in [-0.05, 0) is 75.6 Å². The van der Waals surface area contributed by atoms with Gasteiger partial charge in [0.05, 0.1) is 0 Å². The molecule has 0 aliphatic heterocycles. The van der Waals surface area contributed by atoms with Crippen molar-refractivity contribution in [1.29, 1.82) is 0 Å². The smallest absolute Gasteiger partial charge is 0.0283 e. The van der Waals surface area contributed by atoms with Crippen LogP contribution in [-0.2, 0) is 0 Å². The topological polar surface area (TPSA) is 29.3 Å². The number of nitrogens with two attached hydrogens (primary N) is 1. The first-order chi connectivity index (χ1) is 18.5. The lowest BCUT2D eigenvalue weighted by molar-refractivity contribution is 0.252. The van der Waals surface area contributed by atoms with Crippen molar-refractivity contribution in [3.05, 3.63) is 0 Å². The van der Waals surface area contributed by atoms with Crippen LogP contribution in [0.2, 0.25) is 0 Å². The molecule has 0 unspecified atom stereocenters. The normalized spacial score (nSPS) is 12.2. The lowest BCUT2D eigenvalue weighted by Gasteiger charge is -2.32. The van der Waals surface area contributed by atoms with Gasteiger partial charge in [-0.1, -0.05) is 129 Å². The number of rotatable bonds is 32. The molecule has 0 bridgehead atoms.